The average Bonchev–Trinajstić information content (AvgIpc) is 2.35. The monoisotopic (exact) mass is 281 g/mol. The van der Waals surface area contributed by atoms with E-state index in [1.165, 1.54) is 0 Å². The standard InChI is InChI=1S/C15H23NO4/c1-5-13(16-15(3,4)19)20-12-8-6-7-11(9-12)10(2)14(17)18/h6-10,13,16,19H,5H2,1-4H3,(H,17,18)/t10-,13-/m0/s1. The Morgan fingerprint density at radius 3 is 2.60 bits per heavy atom. The zero-order chi connectivity index (χ0) is 15.3. The van der Waals surface area contributed by atoms with Crippen LogP contribution in [-0.2, 0) is 4.79 Å². The summed E-state index contributed by atoms with van der Waals surface area (Å²) in [6.07, 6.45) is 0.327. The van der Waals surface area contributed by atoms with Crippen LogP contribution in [0, 0.1) is 0 Å². The van der Waals surface area contributed by atoms with E-state index in [0.717, 1.165) is 0 Å². The Bertz CT molecular complexity index is 453. The number of ether oxygens (including phenoxy) is 1. The molecule has 0 spiro atoms. The molecule has 0 bridgehead atoms. The first-order chi connectivity index (χ1) is 9.23. The van der Waals surface area contributed by atoms with Crippen LogP contribution < -0.4 is 10.1 Å². The van der Waals surface area contributed by atoms with Crippen LogP contribution in [0.2, 0.25) is 0 Å². The molecular weight excluding hydrogens is 258 g/mol. The number of hydrogen-bond donors (Lipinski definition) is 3. The Balaban J connectivity index is 2.81. The Morgan fingerprint density at radius 1 is 1.45 bits per heavy atom. The number of rotatable bonds is 7. The van der Waals surface area contributed by atoms with Crippen molar-refractivity contribution in [2.45, 2.75) is 52.0 Å². The Hall–Kier alpha value is -1.59. The van der Waals surface area contributed by atoms with Gasteiger partial charge in [-0.1, -0.05) is 19.1 Å². The molecule has 5 heteroatoms. The molecule has 2 atom stereocenters. The highest BCUT2D eigenvalue weighted by atomic mass is 16.5. The predicted molar refractivity (Wildman–Crippen MR) is 76.6 cm³/mol. The van der Waals surface area contributed by atoms with Crippen LogP contribution in [0.3, 0.4) is 0 Å². The predicted octanol–water partition coefficient (Wildman–Crippen LogP) is 2.31. The lowest BCUT2D eigenvalue weighted by molar-refractivity contribution is -0.138. The van der Waals surface area contributed by atoms with Crippen molar-refractivity contribution in [1.82, 2.24) is 5.32 Å². The van der Waals surface area contributed by atoms with E-state index in [0.29, 0.717) is 17.7 Å². The third-order valence-corrected chi connectivity index (χ3v) is 2.89. The molecule has 1 aromatic rings. The SMILES string of the molecule is CC[C@@H](NC(C)(C)O)Oc1cccc([C@H](C)C(=O)O)c1. The number of aliphatic carboxylic acids is 1. The van der Waals surface area contributed by atoms with Crippen molar-refractivity contribution >= 4 is 5.97 Å². The first kappa shape index (κ1) is 16.5. The Kier molecular flexibility index (Phi) is 5.53. The summed E-state index contributed by atoms with van der Waals surface area (Å²) in [5.74, 6) is -0.871. The third-order valence-electron chi connectivity index (χ3n) is 2.89. The first-order valence-electron chi connectivity index (χ1n) is 6.72. The second-order valence-electron chi connectivity index (χ2n) is 5.35. The summed E-state index contributed by atoms with van der Waals surface area (Å²) >= 11 is 0. The van der Waals surface area contributed by atoms with Gasteiger partial charge in [-0.3, -0.25) is 10.1 Å². The van der Waals surface area contributed by atoms with Gasteiger partial charge in [-0.2, -0.15) is 0 Å². The second kappa shape index (κ2) is 6.72. The highest BCUT2D eigenvalue weighted by Crippen LogP contribution is 2.22. The maximum absolute atomic E-state index is 11.0. The van der Waals surface area contributed by atoms with Gasteiger partial charge in [-0.05, 0) is 44.9 Å². The highest BCUT2D eigenvalue weighted by molar-refractivity contribution is 5.75. The van der Waals surface area contributed by atoms with Crippen molar-refractivity contribution in [2.75, 3.05) is 0 Å². The van der Waals surface area contributed by atoms with Crippen molar-refractivity contribution in [3.05, 3.63) is 29.8 Å². The number of carboxylic acids is 1. The van der Waals surface area contributed by atoms with Crippen LogP contribution in [0.5, 0.6) is 5.75 Å². The number of hydrogen-bond acceptors (Lipinski definition) is 4. The van der Waals surface area contributed by atoms with Gasteiger partial charge < -0.3 is 14.9 Å². The molecule has 5 nitrogen and oxygen atoms in total. The van der Waals surface area contributed by atoms with E-state index in [9.17, 15) is 9.90 Å². The van der Waals surface area contributed by atoms with Gasteiger partial charge in [0.1, 0.15) is 11.5 Å². The number of aliphatic hydroxyl groups is 1. The Labute approximate surface area is 119 Å². The normalized spacial score (nSPS) is 14.7. The fourth-order valence-corrected chi connectivity index (χ4v) is 1.77. The molecule has 0 aliphatic carbocycles. The van der Waals surface area contributed by atoms with Crippen molar-refractivity contribution in [2.24, 2.45) is 0 Å². The Morgan fingerprint density at radius 2 is 2.10 bits per heavy atom. The molecule has 3 N–H and O–H groups in total. The summed E-state index contributed by atoms with van der Waals surface area (Å²) in [6.45, 7) is 6.85. The van der Waals surface area contributed by atoms with Crippen LogP contribution in [0.15, 0.2) is 24.3 Å². The fourth-order valence-electron chi connectivity index (χ4n) is 1.77. The van der Waals surface area contributed by atoms with Gasteiger partial charge in [0.05, 0.1) is 5.92 Å². The van der Waals surface area contributed by atoms with Gasteiger partial charge >= 0.3 is 5.97 Å². The zero-order valence-corrected chi connectivity index (χ0v) is 12.4. The number of carboxylic acid groups (broad SMARTS) is 1. The molecule has 0 unspecified atom stereocenters. The first-order valence-corrected chi connectivity index (χ1v) is 6.72. The van der Waals surface area contributed by atoms with E-state index in [2.05, 4.69) is 5.32 Å². The van der Waals surface area contributed by atoms with E-state index in [1.54, 1.807) is 45.0 Å². The van der Waals surface area contributed by atoms with Crippen LogP contribution in [0.1, 0.15) is 45.6 Å². The van der Waals surface area contributed by atoms with Gasteiger partial charge in [0.15, 0.2) is 6.23 Å². The molecule has 1 rings (SSSR count). The number of nitrogens with one attached hydrogen (secondary N) is 1. The summed E-state index contributed by atoms with van der Waals surface area (Å²) in [7, 11) is 0. The highest BCUT2D eigenvalue weighted by Gasteiger charge is 2.19. The minimum Gasteiger partial charge on any atom is -0.481 e. The molecule has 20 heavy (non-hydrogen) atoms. The minimum absolute atomic E-state index is 0.342. The maximum Gasteiger partial charge on any atom is 0.310 e. The van der Waals surface area contributed by atoms with E-state index >= 15 is 0 Å². The number of benzene rings is 1. The molecule has 0 amide bonds. The van der Waals surface area contributed by atoms with Crippen LogP contribution in [0.25, 0.3) is 0 Å². The minimum atomic E-state index is -1.04. The van der Waals surface area contributed by atoms with Crippen LogP contribution in [0.4, 0.5) is 0 Å². The summed E-state index contributed by atoms with van der Waals surface area (Å²) in [4.78, 5) is 11.0. The van der Waals surface area contributed by atoms with Crippen molar-refractivity contribution in [3.8, 4) is 5.75 Å². The van der Waals surface area contributed by atoms with Crippen LogP contribution in [-0.4, -0.2) is 28.1 Å². The van der Waals surface area contributed by atoms with Gasteiger partial charge in [0.2, 0.25) is 0 Å². The lowest BCUT2D eigenvalue weighted by Gasteiger charge is -2.27. The third kappa shape index (κ3) is 5.19. The van der Waals surface area contributed by atoms with Crippen molar-refractivity contribution in [3.63, 3.8) is 0 Å². The topological polar surface area (TPSA) is 78.8 Å². The lowest BCUT2D eigenvalue weighted by atomic mass is 10.0. The molecule has 1 aromatic carbocycles. The molecule has 0 aromatic heterocycles. The van der Waals surface area contributed by atoms with Gasteiger partial charge in [0, 0.05) is 0 Å². The smallest absolute Gasteiger partial charge is 0.310 e. The van der Waals surface area contributed by atoms with E-state index in [4.69, 9.17) is 9.84 Å². The second-order valence-corrected chi connectivity index (χ2v) is 5.35. The molecule has 0 aliphatic rings. The summed E-state index contributed by atoms with van der Waals surface area (Å²) in [5, 5.41) is 21.7. The summed E-state index contributed by atoms with van der Waals surface area (Å²) < 4.78 is 5.75. The molecule has 112 valence electrons. The zero-order valence-electron chi connectivity index (χ0n) is 12.4. The van der Waals surface area contributed by atoms with Gasteiger partial charge in [0.25, 0.3) is 0 Å². The molecule has 0 fully saturated rings. The van der Waals surface area contributed by atoms with Crippen LogP contribution >= 0.6 is 0 Å². The summed E-state index contributed by atoms with van der Waals surface area (Å²) in [6, 6.07) is 7.01. The van der Waals surface area contributed by atoms with E-state index in [-0.39, 0.29) is 6.23 Å². The quantitative estimate of drug-likeness (QED) is 0.668. The lowest BCUT2D eigenvalue weighted by Crippen LogP contribution is -2.48. The maximum atomic E-state index is 11.0. The molecule has 0 aliphatic heterocycles. The molecular formula is C15H23NO4. The average molecular weight is 281 g/mol. The summed E-state index contributed by atoms with van der Waals surface area (Å²) in [5.41, 5.74) is -0.347. The van der Waals surface area contributed by atoms with Crippen molar-refractivity contribution < 1.29 is 19.7 Å². The molecule has 0 saturated heterocycles. The van der Waals surface area contributed by atoms with E-state index < -0.39 is 17.6 Å². The van der Waals surface area contributed by atoms with Gasteiger partial charge in [-0.15, -0.1) is 0 Å². The van der Waals surface area contributed by atoms with Gasteiger partial charge in [-0.25, -0.2) is 0 Å². The van der Waals surface area contributed by atoms with Crippen molar-refractivity contribution in [1.29, 1.82) is 0 Å². The number of carbonyl (C=O) groups is 1. The largest absolute Gasteiger partial charge is 0.481 e. The fraction of sp³-hybridized carbons (Fsp3) is 0.533. The molecule has 0 radical (unpaired) electrons. The van der Waals surface area contributed by atoms with E-state index in [1.807, 2.05) is 6.92 Å². The molecule has 0 heterocycles. The molecule has 0 saturated carbocycles.